The molecule has 0 aliphatic heterocycles. The van der Waals surface area contributed by atoms with Crippen molar-refractivity contribution >= 4 is 11.8 Å². The number of nitrogens with one attached hydrogen (secondary N) is 1. The van der Waals surface area contributed by atoms with Crippen LogP contribution in [0.15, 0.2) is 18.3 Å². The third-order valence-electron chi connectivity index (χ3n) is 3.74. The van der Waals surface area contributed by atoms with Crippen LogP contribution in [-0.4, -0.2) is 34.3 Å². The van der Waals surface area contributed by atoms with E-state index in [0.29, 0.717) is 17.9 Å². The van der Waals surface area contributed by atoms with Crippen LogP contribution >= 0.6 is 0 Å². The average Bonchev–Trinajstić information content (AvgIpc) is 2.45. The zero-order chi connectivity index (χ0) is 15.3. The first-order valence-corrected chi connectivity index (χ1v) is 7.62. The summed E-state index contributed by atoms with van der Waals surface area (Å²) in [7, 11) is 0. The summed E-state index contributed by atoms with van der Waals surface area (Å²) in [4.78, 5) is 16.2. The second kappa shape index (κ2) is 6.89. The molecule has 1 aromatic rings. The molecule has 0 amide bonds. The highest BCUT2D eigenvalue weighted by molar-refractivity contribution is 5.94. The lowest BCUT2D eigenvalue weighted by Gasteiger charge is -2.32. The number of rotatable bonds is 5. The summed E-state index contributed by atoms with van der Waals surface area (Å²) < 4.78 is 5.21. The van der Waals surface area contributed by atoms with E-state index in [4.69, 9.17) is 4.74 Å². The molecule has 2 N–H and O–H groups in total. The average molecular weight is 292 g/mol. The molecule has 1 heterocycles. The normalized spacial score (nSPS) is 17.5. The highest BCUT2D eigenvalue weighted by Crippen LogP contribution is 2.28. The van der Waals surface area contributed by atoms with Gasteiger partial charge < -0.3 is 15.2 Å². The van der Waals surface area contributed by atoms with Crippen LogP contribution in [0.2, 0.25) is 0 Å². The van der Waals surface area contributed by atoms with Crippen molar-refractivity contribution in [1.82, 2.24) is 4.98 Å². The van der Waals surface area contributed by atoms with Crippen LogP contribution < -0.4 is 5.32 Å². The number of ether oxygens (including phenoxy) is 1. The third-order valence-corrected chi connectivity index (χ3v) is 3.74. The van der Waals surface area contributed by atoms with E-state index in [0.717, 1.165) is 25.7 Å². The van der Waals surface area contributed by atoms with Crippen molar-refractivity contribution < 1.29 is 14.6 Å². The lowest BCUT2D eigenvalue weighted by Crippen LogP contribution is -2.39. The number of pyridine rings is 1. The molecule has 0 saturated heterocycles. The first kappa shape index (κ1) is 15.8. The van der Waals surface area contributed by atoms with E-state index in [9.17, 15) is 9.90 Å². The molecule has 1 aliphatic carbocycles. The fraction of sp³-hybridized carbons (Fsp3) is 0.625. The van der Waals surface area contributed by atoms with Crippen LogP contribution in [0.4, 0.5) is 5.82 Å². The molecule has 116 valence electrons. The minimum Gasteiger partial charge on any atom is -0.459 e. The van der Waals surface area contributed by atoms with Gasteiger partial charge in [-0.05, 0) is 38.8 Å². The minimum absolute atomic E-state index is 0.173. The van der Waals surface area contributed by atoms with Gasteiger partial charge in [-0.2, -0.15) is 0 Å². The van der Waals surface area contributed by atoms with Gasteiger partial charge in [0, 0.05) is 12.7 Å². The minimum atomic E-state index is -0.699. The summed E-state index contributed by atoms with van der Waals surface area (Å²) in [6, 6.07) is 3.39. The summed E-state index contributed by atoms with van der Waals surface area (Å²) in [5.74, 6) is 0.0818. The van der Waals surface area contributed by atoms with Crippen LogP contribution in [0.5, 0.6) is 0 Å². The summed E-state index contributed by atoms with van der Waals surface area (Å²) in [6.07, 6.45) is 6.30. The summed E-state index contributed by atoms with van der Waals surface area (Å²) in [6.45, 7) is 4.03. The third kappa shape index (κ3) is 4.43. The van der Waals surface area contributed by atoms with Crippen molar-refractivity contribution in [3.05, 3.63) is 23.9 Å². The van der Waals surface area contributed by atoms with Gasteiger partial charge >= 0.3 is 5.97 Å². The molecule has 0 unspecified atom stereocenters. The zero-order valence-corrected chi connectivity index (χ0v) is 12.8. The first-order valence-electron chi connectivity index (χ1n) is 7.62. The van der Waals surface area contributed by atoms with E-state index in [1.165, 1.54) is 6.42 Å². The smallest absolute Gasteiger partial charge is 0.342 e. The molecule has 0 atom stereocenters. The fourth-order valence-corrected chi connectivity index (χ4v) is 2.62. The maximum Gasteiger partial charge on any atom is 0.342 e. The van der Waals surface area contributed by atoms with E-state index in [1.54, 1.807) is 18.3 Å². The van der Waals surface area contributed by atoms with E-state index in [-0.39, 0.29) is 6.10 Å². The highest BCUT2D eigenvalue weighted by Gasteiger charge is 2.29. The van der Waals surface area contributed by atoms with Crippen molar-refractivity contribution in [3.63, 3.8) is 0 Å². The predicted octanol–water partition coefficient (Wildman–Crippen LogP) is 2.75. The Labute approximate surface area is 125 Å². The van der Waals surface area contributed by atoms with Crippen LogP contribution in [0.1, 0.15) is 56.3 Å². The second-order valence-corrected chi connectivity index (χ2v) is 5.99. The Morgan fingerprint density at radius 2 is 2.14 bits per heavy atom. The van der Waals surface area contributed by atoms with Gasteiger partial charge in [-0.1, -0.05) is 19.3 Å². The van der Waals surface area contributed by atoms with Crippen molar-refractivity contribution in [1.29, 1.82) is 0 Å². The summed E-state index contributed by atoms with van der Waals surface area (Å²) in [5, 5.41) is 13.6. The highest BCUT2D eigenvalue weighted by atomic mass is 16.5. The Morgan fingerprint density at radius 1 is 1.43 bits per heavy atom. The monoisotopic (exact) mass is 292 g/mol. The van der Waals surface area contributed by atoms with Crippen LogP contribution in [-0.2, 0) is 4.74 Å². The maximum absolute atomic E-state index is 12.0. The van der Waals surface area contributed by atoms with Gasteiger partial charge in [-0.25, -0.2) is 9.78 Å². The van der Waals surface area contributed by atoms with Gasteiger partial charge in [0.05, 0.1) is 11.7 Å². The van der Waals surface area contributed by atoms with Crippen molar-refractivity contribution in [3.8, 4) is 0 Å². The van der Waals surface area contributed by atoms with Crippen LogP contribution in [0, 0.1) is 0 Å². The van der Waals surface area contributed by atoms with E-state index < -0.39 is 11.6 Å². The molecule has 1 saturated carbocycles. The van der Waals surface area contributed by atoms with E-state index >= 15 is 0 Å². The quantitative estimate of drug-likeness (QED) is 0.817. The number of hydrogen-bond donors (Lipinski definition) is 2. The Morgan fingerprint density at radius 3 is 2.81 bits per heavy atom. The van der Waals surface area contributed by atoms with Crippen LogP contribution in [0.3, 0.4) is 0 Å². The topological polar surface area (TPSA) is 71.5 Å². The molecule has 2 rings (SSSR count). The molecule has 5 heteroatoms. The molecule has 5 nitrogen and oxygen atoms in total. The van der Waals surface area contributed by atoms with Gasteiger partial charge in [0.15, 0.2) is 0 Å². The van der Waals surface area contributed by atoms with Gasteiger partial charge in [0.2, 0.25) is 0 Å². The zero-order valence-electron chi connectivity index (χ0n) is 12.8. The maximum atomic E-state index is 12.0. The van der Waals surface area contributed by atoms with Crippen molar-refractivity contribution in [2.45, 2.75) is 57.7 Å². The number of aromatic nitrogens is 1. The molecule has 0 aromatic carbocycles. The number of aliphatic hydroxyl groups is 1. The Bertz CT molecular complexity index is 482. The largest absolute Gasteiger partial charge is 0.459 e. The molecule has 1 fully saturated rings. The molecule has 0 bridgehead atoms. The number of hydrogen-bond acceptors (Lipinski definition) is 5. The van der Waals surface area contributed by atoms with Crippen LogP contribution in [0.25, 0.3) is 0 Å². The molecule has 0 radical (unpaired) electrons. The predicted molar refractivity (Wildman–Crippen MR) is 81.3 cm³/mol. The SMILES string of the molecule is CC(C)OC(=O)c1cccnc1NCC1(O)CCCCC1. The first-order chi connectivity index (χ1) is 10.0. The molecule has 1 aromatic heterocycles. The summed E-state index contributed by atoms with van der Waals surface area (Å²) in [5.41, 5.74) is -0.291. The van der Waals surface area contributed by atoms with Gasteiger partial charge in [0.25, 0.3) is 0 Å². The summed E-state index contributed by atoms with van der Waals surface area (Å²) >= 11 is 0. The molecule has 1 aliphatic rings. The molecular formula is C16H24N2O3. The number of carbonyl (C=O) groups is 1. The van der Waals surface area contributed by atoms with Crippen molar-refractivity contribution in [2.24, 2.45) is 0 Å². The Kier molecular flexibility index (Phi) is 5.17. The Hall–Kier alpha value is -1.62. The Balaban J connectivity index is 2.04. The van der Waals surface area contributed by atoms with E-state index in [2.05, 4.69) is 10.3 Å². The number of anilines is 1. The van der Waals surface area contributed by atoms with Crippen molar-refractivity contribution in [2.75, 3.05) is 11.9 Å². The van der Waals surface area contributed by atoms with Gasteiger partial charge in [-0.15, -0.1) is 0 Å². The second-order valence-electron chi connectivity index (χ2n) is 5.99. The lowest BCUT2D eigenvalue weighted by atomic mass is 9.85. The molecule has 0 spiro atoms. The molecular weight excluding hydrogens is 268 g/mol. The van der Waals surface area contributed by atoms with Gasteiger partial charge in [-0.3, -0.25) is 0 Å². The number of esters is 1. The molecule has 21 heavy (non-hydrogen) atoms. The fourth-order valence-electron chi connectivity index (χ4n) is 2.62. The number of carbonyl (C=O) groups excluding carboxylic acids is 1. The number of nitrogens with zero attached hydrogens (tertiary/aromatic N) is 1. The standard InChI is InChI=1S/C16H24N2O3/c1-12(2)21-15(19)13-7-6-10-17-14(13)18-11-16(20)8-4-3-5-9-16/h6-7,10,12,20H,3-5,8-9,11H2,1-2H3,(H,17,18). The van der Waals surface area contributed by atoms with E-state index in [1.807, 2.05) is 13.8 Å². The lowest BCUT2D eigenvalue weighted by molar-refractivity contribution is 0.0165. The van der Waals surface area contributed by atoms with Gasteiger partial charge in [0.1, 0.15) is 11.4 Å².